The predicted molar refractivity (Wildman–Crippen MR) is 143 cm³/mol. The summed E-state index contributed by atoms with van der Waals surface area (Å²) in [6, 6.07) is -2.60. The molecule has 0 aromatic carbocycles. The average Bonchev–Trinajstić information content (AvgIpc) is 2.88. The Hall–Kier alpha value is -2.46. The molecular formula is C28H48N2O8. The van der Waals surface area contributed by atoms with E-state index in [1.54, 1.807) is 0 Å². The minimum Gasteiger partial charge on any atom is -0.460 e. The van der Waals surface area contributed by atoms with Crippen LogP contribution < -0.4 is 10.6 Å². The largest absolute Gasteiger partial charge is 0.460 e. The Balaban J connectivity index is 2.95. The molecule has 0 bridgehead atoms. The van der Waals surface area contributed by atoms with Gasteiger partial charge < -0.3 is 30.3 Å². The first kappa shape index (κ1) is 33.6. The molecule has 0 aliphatic carbocycles. The van der Waals surface area contributed by atoms with Crippen LogP contribution in [-0.2, 0) is 28.7 Å². The number of amides is 2. The third-order valence-corrected chi connectivity index (χ3v) is 6.42. The number of ether oxygens (including phenoxy) is 2. The predicted octanol–water partition coefficient (Wildman–Crippen LogP) is 2.84. The molecule has 1 saturated heterocycles. The summed E-state index contributed by atoms with van der Waals surface area (Å²) in [5.41, 5.74) is 0. The molecule has 218 valence electrons. The van der Waals surface area contributed by atoms with Crippen molar-refractivity contribution in [3.8, 4) is 0 Å². The molecule has 4 N–H and O–H groups in total. The number of unbranched alkanes of at least 4 members (excludes halogenated alkanes) is 8. The van der Waals surface area contributed by atoms with Crippen LogP contribution >= 0.6 is 0 Å². The first-order valence-corrected chi connectivity index (χ1v) is 14.2. The summed E-state index contributed by atoms with van der Waals surface area (Å²) < 4.78 is 11.0. The van der Waals surface area contributed by atoms with Crippen molar-refractivity contribution in [1.82, 2.24) is 10.6 Å². The lowest BCUT2D eigenvalue weighted by Gasteiger charge is -2.25. The summed E-state index contributed by atoms with van der Waals surface area (Å²) in [4.78, 5) is 50.8. The van der Waals surface area contributed by atoms with E-state index in [0.29, 0.717) is 6.42 Å². The Labute approximate surface area is 226 Å². The minimum atomic E-state index is -1.31. The van der Waals surface area contributed by atoms with Gasteiger partial charge in [-0.15, -0.1) is 0 Å². The van der Waals surface area contributed by atoms with E-state index in [2.05, 4.69) is 24.5 Å². The van der Waals surface area contributed by atoms with E-state index in [9.17, 15) is 29.4 Å². The van der Waals surface area contributed by atoms with E-state index in [0.717, 1.165) is 64.2 Å². The van der Waals surface area contributed by atoms with Crippen molar-refractivity contribution < 1.29 is 38.9 Å². The van der Waals surface area contributed by atoms with Crippen LogP contribution in [0.25, 0.3) is 0 Å². The quantitative estimate of drug-likeness (QED) is 0.141. The molecule has 0 aromatic rings. The van der Waals surface area contributed by atoms with Crippen LogP contribution in [0.5, 0.6) is 0 Å². The molecule has 1 rings (SSSR count). The van der Waals surface area contributed by atoms with Crippen LogP contribution in [0.4, 0.5) is 0 Å². The third-order valence-electron chi connectivity index (χ3n) is 6.42. The van der Waals surface area contributed by atoms with Gasteiger partial charge in [0.2, 0.25) is 11.8 Å². The van der Waals surface area contributed by atoms with Crippen LogP contribution in [0.15, 0.2) is 12.2 Å². The average molecular weight is 541 g/mol. The van der Waals surface area contributed by atoms with E-state index in [1.165, 1.54) is 0 Å². The Morgan fingerprint density at radius 1 is 0.711 bits per heavy atom. The molecule has 1 heterocycles. The second-order valence-corrected chi connectivity index (χ2v) is 9.89. The summed E-state index contributed by atoms with van der Waals surface area (Å²) in [5.74, 6) is -2.84. The van der Waals surface area contributed by atoms with E-state index in [-0.39, 0.29) is 19.3 Å². The van der Waals surface area contributed by atoms with Crippen molar-refractivity contribution in [2.24, 2.45) is 0 Å². The normalized spacial score (nSPS) is 23.9. The Morgan fingerprint density at radius 2 is 1.21 bits per heavy atom. The zero-order valence-corrected chi connectivity index (χ0v) is 23.1. The lowest BCUT2D eigenvalue weighted by atomic mass is 10.1. The fourth-order valence-corrected chi connectivity index (χ4v) is 4.18. The van der Waals surface area contributed by atoms with E-state index < -0.39 is 61.3 Å². The number of nitrogens with one attached hydrogen (secondary N) is 2. The third kappa shape index (κ3) is 14.5. The molecule has 38 heavy (non-hydrogen) atoms. The second kappa shape index (κ2) is 20.5. The highest BCUT2D eigenvalue weighted by molar-refractivity contribution is 5.87. The number of esters is 2. The second-order valence-electron chi connectivity index (χ2n) is 9.89. The monoisotopic (exact) mass is 540 g/mol. The fourth-order valence-electron chi connectivity index (χ4n) is 4.18. The van der Waals surface area contributed by atoms with Gasteiger partial charge in [-0.2, -0.15) is 0 Å². The van der Waals surface area contributed by atoms with Gasteiger partial charge in [0.15, 0.2) is 12.1 Å². The topological polar surface area (TPSA) is 151 Å². The molecule has 0 aromatic heterocycles. The van der Waals surface area contributed by atoms with Crippen LogP contribution in [-0.4, -0.2) is 71.5 Å². The number of carbonyl (C=O) groups is 4. The Kier molecular flexibility index (Phi) is 18.1. The maximum absolute atomic E-state index is 12.7. The van der Waals surface area contributed by atoms with Crippen LogP contribution in [0.2, 0.25) is 0 Å². The molecule has 2 amide bonds. The lowest BCUT2D eigenvalue weighted by molar-refractivity contribution is -0.160. The highest BCUT2D eigenvalue weighted by Crippen LogP contribution is 2.15. The number of hydrogen-bond acceptors (Lipinski definition) is 8. The number of allylic oxidation sites excluding steroid dienone is 1. The Bertz CT molecular complexity index is 742. The molecule has 1 fully saturated rings. The SMILES string of the molecule is CCCCCC/C=C\C[C@@H]1CC(=O)N[C@@H](CO)C(=O)O[C@H](CCCCCCC)CC(=O)N[C@@H](CO)C(=O)O1. The summed E-state index contributed by atoms with van der Waals surface area (Å²) in [7, 11) is 0. The molecule has 1 aliphatic rings. The van der Waals surface area contributed by atoms with Crippen molar-refractivity contribution in [3.05, 3.63) is 12.2 Å². The number of aliphatic hydroxyl groups is 2. The van der Waals surface area contributed by atoms with Gasteiger partial charge in [0.25, 0.3) is 0 Å². The number of cyclic esters (lactones) is 2. The van der Waals surface area contributed by atoms with Crippen LogP contribution in [0.3, 0.4) is 0 Å². The molecule has 0 radical (unpaired) electrons. The van der Waals surface area contributed by atoms with E-state index in [1.807, 2.05) is 12.2 Å². The standard InChI is InChI=1S/C28H48N2O8/c1-3-5-7-9-10-12-14-16-22-18-26(34)30-23(19-31)27(35)37-21(15-13-11-8-6-4-2)17-25(33)29-24(20-32)28(36)38-22/h12,14,21-24,31-32H,3-11,13,15-20H2,1-2H3,(H,29,33)(H,30,34)/b14-12-/t21-,22-,23+,24+/m1/s1. The summed E-state index contributed by atoms with van der Waals surface area (Å²) in [6.45, 7) is 2.89. The van der Waals surface area contributed by atoms with Gasteiger partial charge in [-0.1, -0.05) is 70.9 Å². The zero-order chi connectivity index (χ0) is 28.2. The molecule has 0 saturated carbocycles. The molecule has 10 nitrogen and oxygen atoms in total. The van der Waals surface area contributed by atoms with Gasteiger partial charge in [-0.05, 0) is 25.7 Å². The molecule has 0 unspecified atom stereocenters. The minimum absolute atomic E-state index is 0.223. The molecule has 0 spiro atoms. The summed E-state index contributed by atoms with van der Waals surface area (Å²) in [5, 5.41) is 24.3. The van der Waals surface area contributed by atoms with Crippen molar-refractivity contribution in [1.29, 1.82) is 0 Å². The molecule has 10 heteroatoms. The first-order valence-electron chi connectivity index (χ1n) is 14.2. The highest BCUT2D eigenvalue weighted by Gasteiger charge is 2.31. The van der Waals surface area contributed by atoms with E-state index in [4.69, 9.17) is 9.47 Å². The van der Waals surface area contributed by atoms with Crippen LogP contribution in [0, 0.1) is 0 Å². The van der Waals surface area contributed by atoms with Gasteiger partial charge in [0.05, 0.1) is 26.1 Å². The molecule has 1 aliphatic heterocycles. The van der Waals surface area contributed by atoms with Gasteiger partial charge in [-0.25, -0.2) is 9.59 Å². The summed E-state index contributed by atoms with van der Waals surface area (Å²) >= 11 is 0. The highest BCUT2D eigenvalue weighted by atomic mass is 16.6. The Morgan fingerprint density at radius 3 is 1.76 bits per heavy atom. The number of aliphatic hydroxyl groups excluding tert-OH is 2. The van der Waals surface area contributed by atoms with Gasteiger partial charge >= 0.3 is 11.9 Å². The van der Waals surface area contributed by atoms with Crippen molar-refractivity contribution >= 4 is 23.8 Å². The number of hydrogen-bond donors (Lipinski definition) is 4. The maximum atomic E-state index is 12.7. The maximum Gasteiger partial charge on any atom is 0.331 e. The fraction of sp³-hybridized carbons (Fsp3) is 0.786. The first-order chi connectivity index (χ1) is 18.3. The summed E-state index contributed by atoms with van der Waals surface area (Å²) in [6.07, 6.45) is 12.4. The van der Waals surface area contributed by atoms with Gasteiger partial charge in [0.1, 0.15) is 12.2 Å². The number of rotatable bonds is 15. The van der Waals surface area contributed by atoms with Gasteiger partial charge in [0, 0.05) is 6.42 Å². The van der Waals surface area contributed by atoms with Crippen molar-refractivity contribution in [3.63, 3.8) is 0 Å². The van der Waals surface area contributed by atoms with Gasteiger partial charge in [-0.3, -0.25) is 9.59 Å². The molecular weight excluding hydrogens is 492 g/mol. The zero-order valence-electron chi connectivity index (χ0n) is 23.1. The molecule has 4 atom stereocenters. The van der Waals surface area contributed by atoms with E-state index >= 15 is 0 Å². The van der Waals surface area contributed by atoms with Crippen molar-refractivity contribution in [2.45, 2.75) is 128 Å². The lowest BCUT2D eigenvalue weighted by Crippen LogP contribution is -2.49. The van der Waals surface area contributed by atoms with Crippen molar-refractivity contribution in [2.75, 3.05) is 13.2 Å². The smallest absolute Gasteiger partial charge is 0.331 e. The number of carbonyl (C=O) groups excluding carboxylic acids is 4. The van der Waals surface area contributed by atoms with Crippen LogP contribution in [0.1, 0.15) is 104 Å².